The van der Waals surface area contributed by atoms with Gasteiger partial charge in [-0.1, -0.05) is 48.0 Å². The van der Waals surface area contributed by atoms with Crippen LogP contribution in [0.25, 0.3) is 0 Å². The number of rotatable bonds is 5. The third-order valence-electron chi connectivity index (χ3n) is 3.24. The van der Waals surface area contributed by atoms with Gasteiger partial charge in [0.25, 0.3) is 11.8 Å². The molecule has 118 valence electrons. The minimum absolute atomic E-state index is 0.296. The first-order valence-electron chi connectivity index (χ1n) is 7.32. The number of carbonyl (C=O) groups is 2. The van der Waals surface area contributed by atoms with Crippen LogP contribution in [0.2, 0.25) is 0 Å². The van der Waals surface area contributed by atoms with Gasteiger partial charge in [0, 0.05) is 5.56 Å². The molecule has 0 saturated heterocycles. The highest BCUT2D eigenvalue weighted by atomic mass is 16.2. The van der Waals surface area contributed by atoms with Crippen LogP contribution in [0.1, 0.15) is 28.4 Å². The van der Waals surface area contributed by atoms with Crippen molar-refractivity contribution in [1.29, 1.82) is 0 Å². The maximum atomic E-state index is 12.0. The third kappa shape index (κ3) is 5.07. The maximum absolute atomic E-state index is 12.0. The number of amides is 2. The van der Waals surface area contributed by atoms with Gasteiger partial charge in [0.15, 0.2) is 0 Å². The maximum Gasteiger partial charge on any atom is 0.262 e. The van der Waals surface area contributed by atoms with Crippen molar-refractivity contribution in [3.05, 3.63) is 71.3 Å². The van der Waals surface area contributed by atoms with Crippen molar-refractivity contribution in [2.24, 2.45) is 5.10 Å². The van der Waals surface area contributed by atoms with E-state index in [4.69, 9.17) is 0 Å². The van der Waals surface area contributed by atoms with Crippen LogP contribution >= 0.6 is 0 Å². The molecular weight excluding hydrogens is 290 g/mol. The normalized spacial score (nSPS) is 11.9. The molecule has 0 heterocycles. The van der Waals surface area contributed by atoms with Crippen LogP contribution < -0.4 is 10.7 Å². The van der Waals surface area contributed by atoms with E-state index in [1.807, 2.05) is 37.3 Å². The summed E-state index contributed by atoms with van der Waals surface area (Å²) in [5.74, 6) is -0.673. The number of benzene rings is 2. The van der Waals surface area contributed by atoms with E-state index in [2.05, 4.69) is 15.8 Å². The van der Waals surface area contributed by atoms with Crippen LogP contribution in [0.3, 0.4) is 0 Å². The number of nitrogens with zero attached hydrogens (tertiary/aromatic N) is 1. The molecule has 5 heteroatoms. The van der Waals surface area contributed by atoms with Crippen LogP contribution in [0.4, 0.5) is 0 Å². The molecule has 0 spiro atoms. The highest BCUT2D eigenvalue weighted by Gasteiger charge is 2.15. The molecule has 0 radical (unpaired) electrons. The van der Waals surface area contributed by atoms with Gasteiger partial charge in [0.2, 0.25) is 0 Å². The Kier molecular flexibility index (Phi) is 5.63. The molecule has 1 atom stereocenters. The molecule has 2 N–H and O–H groups in total. The highest BCUT2D eigenvalue weighted by molar-refractivity contribution is 5.97. The summed E-state index contributed by atoms with van der Waals surface area (Å²) in [7, 11) is 0. The second-order valence-electron chi connectivity index (χ2n) is 5.21. The molecule has 0 bridgehead atoms. The van der Waals surface area contributed by atoms with E-state index >= 15 is 0 Å². The lowest BCUT2D eigenvalue weighted by Crippen LogP contribution is -2.43. The largest absolute Gasteiger partial charge is 0.340 e. The Morgan fingerprint density at radius 1 is 1.04 bits per heavy atom. The molecule has 0 saturated carbocycles. The molecule has 2 amide bonds. The van der Waals surface area contributed by atoms with Gasteiger partial charge >= 0.3 is 0 Å². The first-order chi connectivity index (χ1) is 11.1. The van der Waals surface area contributed by atoms with Gasteiger partial charge < -0.3 is 5.32 Å². The monoisotopic (exact) mass is 309 g/mol. The Labute approximate surface area is 135 Å². The SMILES string of the molecule is Cc1ccc(/C=N\NC(=O)[C@@H](C)NC(=O)c2ccccc2)cc1. The van der Waals surface area contributed by atoms with Crippen molar-refractivity contribution >= 4 is 18.0 Å². The third-order valence-corrected chi connectivity index (χ3v) is 3.24. The average molecular weight is 309 g/mol. The topological polar surface area (TPSA) is 70.6 Å². The molecule has 2 aromatic carbocycles. The van der Waals surface area contributed by atoms with Gasteiger partial charge in [-0.15, -0.1) is 0 Å². The number of hydrazone groups is 1. The minimum Gasteiger partial charge on any atom is -0.340 e. The van der Waals surface area contributed by atoms with Crippen LogP contribution in [-0.4, -0.2) is 24.1 Å². The highest BCUT2D eigenvalue weighted by Crippen LogP contribution is 2.00. The smallest absolute Gasteiger partial charge is 0.262 e. The Hall–Kier alpha value is -2.95. The van der Waals surface area contributed by atoms with E-state index in [0.717, 1.165) is 11.1 Å². The summed E-state index contributed by atoms with van der Waals surface area (Å²) in [5, 5.41) is 6.52. The Balaban J connectivity index is 1.85. The van der Waals surface area contributed by atoms with Crippen LogP contribution in [0.15, 0.2) is 59.7 Å². The minimum atomic E-state index is -0.683. The van der Waals surface area contributed by atoms with Crippen molar-refractivity contribution in [2.75, 3.05) is 0 Å². The molecule has 0 fully saturated rings. The molecule has 23 heavy (non-hydrogen) atoms. The van der Waals surface area contributed by atoms with E-state index in [9.17, 15) is 9.59 Å². The zero-order chi connectivity index (χ0) is 16.7. The van der Waals surface area contributed by atoms with Gasteiger partial charge in [0.1, 0.15) is 6.04 Å². The number of carbonyl (C=O) groups excluding carboxylic acids is 2. The van der Waals surface area contributed by atoms with Crippen LogP contribution in [0.5, 0.6) is 0 Å². The van der Waals surface area contributed by atoms with E-state index < -0.39 is 6.04 Å². The summed E-state index contributed by atoms with van der Waals surface area (Å²) in [6, 6.07) is 15.8. The Morgan fingerprint density at radius 3 is 2.35 bits per heavy atom. The lowest BCUT2D eigenvalue weighted by atomic mass is 10.2. The Bertz CT molecular complexity index is 694. The van der Waals surface area contributed by atoms with Gasteiger partial charge in [-0.25, -0.2) is 5.43 Å². The molecule has 0 aliphatic rings. The van der Waals surface area contributed by atoms with Crippen molar-refractivity contribution in [3.8, 4) is 0 Å². The summed E-state index contributed by atoms with van der Waals surface area (Å²) in [5.41, 5.74) is 4.97. The molecular formula is C18H19N3O2. The fourth-order valence-electron chi connectivity index (χ4n) is 1.85. The van der Waals surface area contributed by atoms with Crippen molar-refractivity contribution in [1.82, 2.24) is 10.7 Å². The van der Waals surface area contributed by atoms with Gasteiger partial charge in [-0.2, -0.15) is 5.10 Å². The van der Waals surface area contributed by atoms with Crippen molar-refractivity contribution in [2.45, 2.75) is 19.9 Å². The molecule has 0 aromatic heterocycles. The number of hydrogen-bond donors (Lipinski definition) is 2. The molecule has 0 aliphatic carbocycles. The summed E-state index contributed by atoms with van der Waals surface area (Å²) in [4.78, 5) is 23.9. The standard InChI is InChI=1S/C18H19N3O2/c1-13-8-10-15(11-9-13)12-19-21-17(22)14(2)20-18(23)16-6-4-3-5-7-16/h3-12,14H,1-2H3,(H,20,23)(H,21,22)/b19-12-/t14-/m1/s1. The molecule has 0 unspecified atom stereocenters. The predicted octanol–water partition coefficient (Wildman–Crippen LogP) is 2.26. The van der Waals surface area contributed by atoms with E-state index in [1.165, 1.54) is 0 Å². The lowest BCUT2D eigenvalue weighted by Gasteiger charge is -2.12. The number of aryl methyl sites for hydroxylation is 1. The van der Waals surface area contributed by atoms with E-state index in [0.29, 0.717) is 5.56 Å². The second-order valence-corrected chi connectivity index (χ2v) is 5.21. The number of nitrogens with one attached hydrogen (secondary N) is 2. The fourth-order valence-corrected chi connectivity index (χ4v) is 1.85. The summed E-state index contributed by atoms with van der Waals surface area (Å²) in [6.07, 6.45) is 1.56. The zero-order valence-electron chi connectivity index (χ0n) is 13.1. The van der Waals surface area contributed by atoms with Gasteiger partial charge in [-0.05, 0) is 31.5 Å². The summed E-state index contributed by atoms with van der Waals surface area (Å²) in [6.45, 7) is 3.61. The van der Waals surface area contributed by atoms with Gasteiger partial charge in [-0.3, -0.25) is 9.59 Å². The van der Waals surface area contributed by atoms with E-state index in [-0.39, 0.29) is 11.8 Å². The van der Waals surface area contributed by atoms with E-state index in [1.54, 1.807) is 37.4 Å². The van der Waals surface area contributed by atoms with Gasteiger partial charge in [0.05, 0.1) is 6.21 Å². The number of hydrogen-bond acceptors (Lipinski definition) is 3. The Morgan fingerprint density at radius 2 is 1.70 bits per heavy atom. The first-order valence-corrected chi connectivity index (χ1v) is 7.32. The molecule has 2 aromatic rings. The quantitative estimate of drug-likeness (QED) is 0.657. The molecule has 0 aliphatic heterocycles. The average Bonchev–Trinajstić information content (AvgIpc) is 2.57. The molecule has 2 rings (SSSR count). The fraction of sp³-hybridized carbons (Fsp3) is 0.167. The lowest BCUT2D eigenvalue weighted by molar-refractivity contribution is -0.122. The summed E-state index contributed by atoms with van der Waals surface area (Å²) < 4.78 is 0. The molecule has 5 nitrogen and oxygen atoms in total. The predicted molar refractivity (Wildman–Crippen MR) is 90.3 cm³/mol. The van der Waals surface area contributed by atoms with Crippen molar-refractivity contribution in [3.63, 3.8) is 0 Å². The van der Waals surface area contributed by atoms with Crippen LogP contribution in [-0.2, 0) is 4.79 Å². The van der Waals surface area contributed by atoms with Crippen molar-refractivity contribution < 1.29 is 9.59 Å². The summed E-state index contributed by atoms with van der Waals surface area (Å²) >= 11 is 0. The first kappa shape index (κ1) is 16.4. The second kappa shape index (κ2) is 7.89. The van der Waals surface area contributed by atoms with Crippen LogP contribution in [0, 0.1) is 6.92 Å². The zero-order valence-corrected chi connectivity index (χ0v) is 13.1.